The van der Waals surface area contributed by atoms with E-state index in [1.165, 1.54) is 16.8 Å². The zero-order valence-electron chi connectivity index (χ0n) is 15.8. The van der Waals surface area contributed by atoms with Crippen LogP contribution in [0.2, 0.25) is 0 Å². The summed E-state index contributed by atoms with van der Waals surface area (Å²) in [5.41, 5.74) is 6.73. The van der Waals surface area contributed by atoms with Crippen LogP contribution in [0.1, 0.15) is 34.8 Å². The van der Waals surface area contributed by atoms with Crippen LogP contribution < -0.4 is 16.7 Å². The molecule has 10 heteroatoms. The summed E-state index contributed by atoms with van der Waals surface area (Å²) in [5, 5.41) is 11.9. The average molecular weight is 395 g/mol. The number of carbonyl (C=O) groups excluding carboxylic acids is 1. The minimum absolute atomic E-state index is 0.0593. The number of aromatic nitrogens is 4. The number of fused-ring (bicyclic) bond motifs is 1. The number of nitrogens with zero attached hydrogens (tertiary/aromatic N) is 5. The number of benzene rings is 1. The number of aryl methyl sites for hydroxylation is 2. The van der Waals surface area contributed by atoms with E-state index in [1.54, 1.807) is 18.5 Å². The van der Waals surface area contributed by atoms with Gasteiger partial charge < -0.3 is 11.1 Å². The highest BCUT2D eigenvalue weighted by Gasteiger charge is 2.33. The molecule has 1 saturated carbocycles. The molecule has 3 aromatic rings. The Bertz CT molecular complexity index is 1250. The Morgan fingerprint density at radius 1 is 1.41 bits per heavy atom. The van der Waals surface area contributed by atoms with Gasteiger partial charge in [-0.15, -0.1) is 0 Å². The molecule has 0 aliphatic heterocycles. The standard InChI is InChI=1S/C19H18FN7O2/c1-9-3-12(16(22)28)13(20)6-14(9)24-18-23-8-15-17(25-18)27(19(29)26(15)2)11-4-10(5-11)7-21/h3,6,8,10-11H,4-5H2,1-2H3,(H2,22,28)(H,23,24,25)/t10-,11-. The average Bonchev–Trinajstić information content (AvgIpc) is 2.88. The van der Waals surface area contributed by atoms with Gasteiger partial charge in [-0.3, -0.25) is 13.9 Å². The molecule has 1 amide bonds. The molecule has 1 aromatic carbocycles. The van der Waals surface area contributed by atoms with Gasteiger partial charge in [0.2, 0.25) is 5.95 Å². The van der Waals surface area contributed by atoms with Crippen LogP contribution in [0.15, 0.2) is 23.1 Å². The molecule has 1 aliphatic rings. The van der Waals surface area contributed by atoms with E-state index in [9.17, 15) is 14.0 Å². The maximum absolute atomic E-state index is 14.1. The van der Waals surface area contributed by atoms with Gasteiger partial charge in [0.05, 0.1) is 23.7 Å². The van der Waals surface area contributed by atoms with Gasteiger partial charge in [-0.05, 0) is 37.5 Å². The highest BCUT2D eigenvalue weighted by atomic mass is 19.1. The Hall–Kier alpha value is -3.74. The van der Waals surface area contributed by atoms with Crippen molar-refractivity contribution in [3.8, 4) is 6.07 Å². The van der Waals surface area contributed by atoms with Crippen molar-refractivity contribution in [1.29, 1.82) is 5.26 Å². The lowest BCUT2D eigenvalue weighted by Gasteiger charge is -2.31. The number of amides is 1. The number of anilines is 2. The van der Waals surface area contributed by atoms with E-state index in [0.717, 1.165) is 6.07 Å². The second-order valence-corrected chi connectivity index (χ2v) is 7.20. The summed E-state index contributed by atoms with van der Waals surface area (Å²) in [6, 6.07) is 4.63. The number of primary amides is 1. The van der Waals surface area contributed by atoms with E-state index >= 15 is 0 Å². The van der Waals surface area contributed by atoms with Crippen molar-refractivity contribution >= 4 is 28.7 Å². The quantitative estimate of drug-likeness (QED) is 0.693. The van der Waals surface area contributed by atoms with Gasteiger partial charge in [0.25, 0.3) is 5.91 Å². The van der Waals surface area contributed by atoms with Crippen molar-refractivity contribution in [2.24, 2.45) is 18.7 Å². The second kappa shape index (κ2) is 6.70. The van der Waals surface area contributed by atoms with Gasteiger partial charge in [0.15, 0.2) is 5.65 Å². The topological polar surface area (TPSA) is 132 Å². The van der Waals surface area contributed by atoms with Crippen molar-refractivity contribution < 1.29 is 9.18 Å². The van der Waals surface area contributed by atoms with E-state index < -0.39 is 11.7 Å². The molecule has 3 N–H and O–H groups in total. The number of imidazole rings is 1. The summed E-state index contributed by atoms with van der Waals surface area (Å²) in [5.74, 6) is -1.47. The van der Waals surface area contributed by atoms with Crippen molar-refractivity contribution in [3.63, 3.8) is 0 Å². The largest absolute Gasteiger partial charge is 0.366 e. The van der Waals surface area contributed by atoms with Gasteiger partial charge in [-0.2, -0.15) is 10.2 Å². The highest BCUT2D eigenvalue weighted by Crippen LogP contribution is 2.37. The van der Waals surface area contributed by atoms with Gasteiger partial charge in [0.1, 0.15) is 11.3 Å². The smallest absolute Gasteiger partial charge is 0.330 e. The van der Waals surface area contributed by atoms with Gasteiger partial charge in [0, 0.05) is 18.8 Å². The number of hydrogen-bond acceptors (Lipinski definition) is 6. The Morgan fingerprint density at radius 3 is 2.79 bits per heavy atom. The van der Waals surface area contributed by atoms with Gasteiger partial charge >= 0.3 is 5.69 Å². The van der Waals surface area contributed by atoms with Crippen LogP contribution in [-0.4, -0.2) is 25.0 Å². The van der Waals surface area contributed by atoms with Crippen LogP contribution >= 0.6 is 0 Å². The summed E-state index contributed by atoms with van der Waals surface area (Å²) in [4.78, 5) is 32.6. The van der Waals surface area contributed by atoms with Crippen LogP contribution in [0.25, 0.3) is 11.2 Å². The maximum Gasteiger partial charge on any atom is 0.330 e. The van der Waals surface area contributed by atoms with E-state index in [4.69, 9.17) is 11.0 Å². The second-order valence-electron chi connectivity index (χ2n) is 7.20. The first kappa shape index (κ1) is 18.6. The van der Waals surface area contributed by atoms with Crippen LogP contribution in [0.5, 0.6) is 0 Å². The number of nitriles is 1. The molecule has 9 nitrogen and oxygen atoms in total. The monoisotopic (exact) mass is 395 g/mol. The first-order valence-corrected chi connectivity index (χ1v) is 9.00. The zero-order valence-corrected chi connectivity index (χ0v) is 15.8. The lowest BCUT2D eigenvalue weighted by molar-refractivity contribution is 0.0996. The summed E-state index contributed by atoms with van der Waals surface area (Å²) in [6.07, 6.45) is 2.72. The molecule has 2 heterocycles. The third-order valence-corrected chi connectivity index (χ3v) is 5.32. The van der Waals surface area contributed by atoms with Crippen molar-refractivity contribution in [2.75, 3.05) is 5.32 Å². The number of rotatable bonds is 4. The first-order chi connectivity index (χ1) is 13.8. The van der Waals surface area contributed by atoms with Crippen LogP contribution in [0, 0.1) is 30.0 Å². The molecule has 1 fully saturated rings. The van der Waals surface area contributed by atoms with Crippen LogP contribution in [0.3, 0.4) is 0 Å². The molecule has 0 radical (unpaired) electrons. The molecule has 4 rings (SSSR count). The summed E-state index contributed by atoms with van der Waals surface area (Å²) in [6.45, 7) is 1.70. The predicted octanol–water partition coefficient (Wildman–Crippen LogP) is 1.89. The number of carbonyl (C=O) groups is 1. The minimum Gasteiger partial charge on any atom is -0.366 e. The highest BCUT2D eigenvalue weighted by molar-refractivity contribution is 5.94. The molecule has 0 bridgehead atoms. The Kier molecular flexibility index (Phi) is 4.30. The van der Waals surface area contributed by atoms with Crippen LogP contribution in [-0.2, 0) is 7.05 Å². The lowest BCUT2D eigenvalue weighted by atomic mass is 9.81. The van der Waals surface area contributed by atoms with Crippen molar-refractivity contribution in [3.05, 3.63) is 45.8 Å². The summed E-state index contributed by atoms with van der Waals surface area (Å²) in [7, 11) is 1.64. The van der Waals surface area contributed by atoms with Gasteiger partial charge in [-0.25, -0.2) is 14.2 Å². The SMILES string of the molecule is Cc1cc(C(N)=O)c(F)cc1Nc1ncc2c(n1)n([C@H]1C[C@H](C#N)C1)c(=O)n2C. The number of nitrogens with two attached hydrogens (primary N) is 1. The number of nitrogens with one attached hydrogen (secondary N) is 1. The third-order valence-electron chi connectivity index (χ3n) is 5.32. The van der Waals surface area contributed by atoms with Crippen molar-refractivity contribution in [1.82, 2.24) is 19.1 Å². The predicted molar refractivity (Wildman–Crippen MR) is 103 cm³/mol. The van der Waals surface area contributed by atoms with E-state index in [2.05, 4.69) is 21.4 Å². The molecular weight excluding hydrogens is 377 g/mol. The maximum atomic E-state index is 14.1. The molecule has 148 valence electrons. The fourth-order valence-electron chi connectivity index (χ4n) is 3.55. The van der Waals surface area contributed by atoms with Crippen LogP contribution in [0.4, 0.5) is 16.0 Å². The Balaban J connectivity index is 1.73. The number of hydrogen-bond donors (Lipinski definition) is 2. The molecule has 0 atom stereocenters. The third kappa shape index (κ3) is 3.00. The normalized spacial score (nSPS) is 18.3. The minimum atomic E-state index is -0.848. The van der Waals surface area contributed by atoms with E-state index in [0.29, 0.717) is 35.3 Å². The summed E-state index contributed by atoms with van der Waals surface area (Å²) >= 11 is 0. The fourth-order valence-corrected chi connectivity index (χ4v) is 3.55. The fraction of sp³-hybridized carbons (Fsp3) is 0.316. The molecule has 29 heavy (non-hydrogen) atoms. The molecule has 1 aliphatic carbocycles. The molecule has 0 spiro atoms. The Labute approximate surface area is 164 Å². The number of halogens is 1. The van der Waals surface area contributed by atoms with E-state index in [1.807, 2.05) is 0 Å². The molecule has 2 aromatic heterocycles. The first-order valence-electron chi connectivity index (χ1n) is 9.00. The van der Waals surface area contributed by atoms with Gasteiger partial charge in [-0.1, -0.05) is 0 Å². The molecule has 0 unspecified atom stereocenters. The zero-order chi connectivity index (χ0) is 20.9. The lowest BCUT2D eigenvalue weighted by Crippen LogP contribution is -2.33. The Morgan fingerprint density at radius 2 is 2.14 bits per heavy atom. The van der Waals surface area contributed by atoms with Crippen molar-refractivity contribution in [2.45, 2.75) is 25.8 Å². The molecular formula is C19H18FN7O2. The van der Waals surface area contributed by atoms with E-state index in [-0.39, 0.29) is 29.2 Å². The summed E-state index contributed by atoms with van der Waals surface area (Å²) < 4.78 is 17.2. The molecule has 0 saturated heterocycles.